The number of aliphatic imine (C=N–C) groups is 1. The number of anilines is 1. The van der Waals surface area contributed by atoms with Gasteiger partial charge in [-0.3, -0.25) is 9.69 Å². The SMILES string of the molecule is O=C1/C(=C/c2cccc(OS(=O)(=O)c3ccc(Cl)cc3)c2)SC(=Nc2ccccc2)N1c1ccccc1. The fraction of sp³-hybridized carbons (Fsp3) is 0. The number of rotatable bonds is 6. The average Bonchev–Trinajstić information content (AvgIpc) is 3.19. The van der Waals surface area contributed by atoms with Gasteiger partial charge in [-0.1, -0.05) is 60.1 Å². The summed E-state index contributed by atoms with van der Waals surface area (Å²) in [5, 5.41) is 0.942. The zero-order chi connectivity index (χ0) is 25.8. The molecule has 6 nitrogen and oxygen atoms in total. The zero-order valence-electron chi connectivity index (χ0n) is 19.2. The van der Waals surface area contributed by atoms with Gasteiger partial charge in [0.05, 0.1) is 16.3 Å². The van der Waals surface area contributed by atoms with E-state index in [1.165, 1.54) is 42.1 Å². The van der Waals surface area contributed by atoms with Crippen molar-refractivity contribution in [2.45, 2.75) is 4.90 Å². The number of carbonyl (C=O) groups excluding carboxylic acids is 1. The maximum absolute atomic E-state index is 13.5. The van der Waals surface area contributed by atoms with Crippen LogP contribution >= 0.6 is 23.4 Å². The predicted molar refractivity (Wildman–Crippen MR) is 149 cm³/mol. The second-order valence-electron chi connectivity index (χ2n) is 7.88. The van der Waals surface area contributed by atoms with Crippen molar-refractivity contribution in [3.05, 3.63) is 125 Å². The minimum atomic E-state index is -4.05. The number of thioether (sulfide) groups is 1. The predicted octanol–water partition coefficient (Wildman–Crippen LogP) is 6.92. The van der Waals surface area contributed by atoms with E-state index < -0.39 is 10.1 Å². The van der Waals surface area contributed by atoms with Crippen LogP contribution in [0.25, 0.3) is 6.08 Å². The molecule has 1 aliphatic heterocycles. The lowest BCUT2D eigenvalue weighted by molar-refractivity contribution is -0.113. The van der Waals surface area contributed by atoms with E-state index in [-0.39, 0.29) is 16.6 Å². The number of hydrogen-bond donors (Lipinski definition) is 0. The van der Waals surface area contributed by atoms with Crippen molar-refractivity contribution < 1.29 is 17.4 Å². The normalized spacial score (nSPS) is 15.9. The van der Waals surface area contributed by atoms with E-state index in [4.69, 9.17) is 20.8 Å². The maximum atomic E-state index is 13.5. The van der Waals surface area contributed by atoms with Crippen molar-refractivity contribution in [1.29, 1.82) is 0 Å². The molecule has 37 heavy (non-hydrogen) atoms. The molecule has 0 unspecified atom stereocenters. The second kappa shape index (κ2) is 10.6. The van der Waals surface area contributed by atoms with Crippen LogP contribution in [0.15, 0.2) is 124 Å². The Morgan fingerprint density at radius 3 is 2.22 bits per heavy atom. The Bertz CT molecular complexity index is 1610. The summed E-state index contributed by atoms with van der Waals surface area (Å²) in [7, 11) is -4.05. The highest BCUT2D eigenvalue weighted by molar-refractivity contribution is 8.19. The van der Waals surface area contributed by atoms with Crippen LogP contribution in [0, 0.1) is 0 Å². The summed E-state index contributed by atoms with van der Waals surface area (Å²) in [6.45, 7) is 0. The Morgan fingerprint density at radius 1 is 0.838 bits per heavy atom. The minimum absolute atomic E-state index is 0.0116. The highest BCUT2D eigenvalue weighted by Gasteiger charge is 2.34. The van der Waals surface area contributed by atoms with Crippen molar-refractivity contribution in [2.75, 3.05) is 4.90 Å². The molecule has 0 aliphatic carbocycles. The molecule has 1 amide bonds. The Kier molecular flexibility index (Phi) is 7.14. The Labute approximate surface area is 224 Å². The van der Waals surface area contributed by atoms with Gasteiger partial charge in [0.2, 0.25) is 0 Å². The van der Waals surface area contributed by atoms with Gasteiger partial charge in [-0.05, 0) is 84.1 Å². The molecule has 0 saturated carbocycles. The molecule has 9 heteroatoms. The topological polar surface area (TPSA) is 76.0 Å². The summed E-state index contributed by atoms with van der Waals surface area (Å²) in [5.74, 6) is -0.108. The second-order valence-corrected chi connectivity index (χ2v) is 10.9. The number of amidine groups is 1. The number of amides is 1. The molecule has 4 aromatic rings. The van der Waals surface area contributed by atoms with E-state index in [0.29, 0.717) is 26.3 Å². The number of nitrogens with zero attached hydrogens (tertiary/aromatic N) is 2. The Balaban J connectivity index is 1.46. The van der Waals surface area contributed by atoms with Crippen molar-refractivity contribution >= 4 is 62.0 Å². The number of carbonyl (C=O) groups is 1. The monoisotopic (exact) mass is 546 g/mol. The number of para-hydroxylation sites is 2. The van der Waals surface area contributed by atoms with Crippen LogP contribution in [0.2, 0.25) is 5.02 Å². The van der Waals surface area contributed by atoms with Gasteiger partial charge in [-0.15, -0.1) is 0 Å². The van der Waals surface area contributed by atoms with Gasteiger partial charge in [0.1, 0.15) is 10.6 Å². The molecule has 0 atom stereocenters. The third kappa shape index (κ3) is 5.77. The van der Waals surface area contributed by atoms with E-state index in [1.807, 2.05) is 60.7 Å². The lowest BCUT2D eigenvalue weighted by Crippen LogP contribution is -2.28. The molecule has 4 aromatic carbocycles. The van der Waals surface area contributed by atoms with Crippen molar-refractivity contribution in [3.63, 3.8) is 0 Å². The molecular weight excluding hydrogens is 528 g/mol. The lowest BCUT2D eigenvalue weighted by atomic mass is 10.2. The van der Waals surface area contributed by atoms with Gasteiger partial charge in [0.25, 0.3) is 5.91 Å². The first-order chi connectivity index (χ1) is 17.9. The van der Waals surface area contributed by atoms with E-state index in [9.17, 15) is 13.2 Å². The fourth-order valence-corrected chi connectivity index (χ4v) is 5.60. The third-order valence-electron chi connectivity index (χ3n) is 5.27. The molecule has 1 fully saturated rings. The number of benzene rings is 4. The van der Waals surface area contributed by atoms with Crippen LogP contribution in [0.1, 0.15) is 5.56 Å². The number of hydrogen-bond acceptors (Lipinski definition) is 6. The Hall–Kier alpha value is -3.85. The third-order valence-corrected chi connectivity index (χ3v) is 7.75. The van der Waals surface area contributed by atoms with E-state index >= 15 is 0 Å². The number of halogens is 1. The Morgan fingerprint density at radius 2 is 1.51 bits per heavy atom. The highest BCUT2D eigenvalue weighted by atomic mass is 35.5. The van der Waals surface area contributed by atoms with E-state index in [2.05, 4.69) is 0 Å². The first-order valence-corrected chi connectivity index (χ1v) is 13.7. The minimum Gasteiger partial charge on any atom is -0.379 e. The van der Waals surface area contributed by atoms with Gasteiger partial charge >= 0.3 is 10.1 Å². The van der Waals surface area contributed by atoms with Crippen LogP contribution in [0.3, 0.4) is 0 Å². The summed E-state index contributed by atoms with van der Waals surface area (Å²) >= 11 is 7.10. The fourth-order valence-electron chi connectivity index (χ4n) is 3.55. The van der Waals surface area contributed by atoms with Crippen LogP contribution in [-0.2, 0) is 14.9 Å². The van der Waals surface area contributed by atoms with Crippen LogP contribution in [-0.4, -0.2) is 19.5 Å². The quantitative estimate of drug-likeness (QED) is 0.194. The molecular formula is C28H19ClN2O4S2. The molecule has 0 bridgehead atoms. The molecule has 184 valence electrons. The molecule has 5 rings (SSSR count). The van der Waals surface area contributed by atoms with E-state index in [1.54, 1.807) is 29.2 Å². The molecule has 0 aromatic heterocycles. The van der Waals surface area contributed by atoms with Gasteiger partial charge in [-0.25, -0.2) is 4.99 Å². The molecule has 1 aliphatic rings. The molecule has 0 N–H and O–H groups in total. The summed E-state index contributed by atoms with van der Waals surface area (Å²) in [6, 6.07) is 30.9. The van der Waals surface area contributed by atoms with Crippen LogP contribution < -0.4 is 9.08 Å². The first kappa shape index (κ1) is 24.8. The zero-order valence-corrected chi connectivity index (χ0v) is 21.6. The van der Waals surface area contributed by atoms with Gasteiger partial charge < -0.3 is 4.18 Å². The summed E-state index contributed by atoms with van der Waals surface area (Å²) < 4.78 is 30.7. The van der Waals surface area contributed by atoms with Crippen LogP contribution in [0.4, 0.5) is 11.4 Å². The van der Waals surface area contributed by atoms with Crippen LogP contribution in [0.5, 0.6) is 5.75 Å². The largest absolute Gasteiger partial charge is 0.379 e. The molecule has 1 heterocycles. The van der Waals surface area contributed by atoms with Crippen molar-refractivity contribution in [1.82, 2.24) is 0 Å². The standard InChI is InChI=1S/C28H19ClN2O4S2/c29-21-14-16-25(17-15-21)37(33,34)35-24-13-7-8-20(18-24)19-26-27(32)31(23-11-5-2-6-12-23)28(36-26)30-22-9-3-1-4-10-22/h1-19H/b26-19-,30-28?. The van der Waals surface area contributed by atoms with Gasteiger partial charge in [0.15, 0.2) is 5.17 Å². The van der Waals surface area contributed by atoms with E-state index in [0.717, 1.165) is 5.69 Å². The van der Waals surface area contributed by atoms with Crippen molar-refractivity contribution in [2.24, 2.45) is 4.99 Å². The first-order valence-electron chi connectivity index (χ1n) is 11.1. The van der Waals surface area contributed by atoms with Crippen molar-refractivity contribution in [3.8, 4) is 5.75 Å². The molecule has 0 radical (unpaired) electrons. The highest BCUT2D eigenvalue weighted by Crippen LogP contribution is 2.37. The summed E-state index contributed by atoms with van der Waals surface area (Å²) in [6.07, 6.45) is 1.69. The summed E-state index contributed by atoms with van der Waals surface area (Å²) in [4.78, 5) is 20.1. The smallest absolute Gasteiger partial charge is 0.339 e. The lowest BCUT2D eigenvalue weighted by Gasteiger charge is -2.15. The summed E-state index contributed by atoms with van der Waals surface area (Å²) in [5.41, 5.74) is 2.03. The maximum Gasteiger partial charge on any atom is 0.339 e. The van der Waals surface area contributed by atoms with Gasteiger partial charge in [-0.2, -0.15) is 8.42 Å². The molecule has 1 saturated heterocycles. The van der Waals surface area contributed by atoms with Gasteiger partial charge in [0, 0.05) is 5.02 Å². The molecule has 0 spiro atoms. The average molecular weight is 547 g/mol.